The van der Waals surface area contributed by atoms with Gasteiger partial charge in [-0.2, -0.15) is 0 Å². The molecule has 1 amide bonds. The van der Waals surface area contributed by atoms with Gasteiger partial charge in [0.1, 0.15) is 0 Å². The van der Waals surface area contributed by atoms with Gasteiger partial charge in [0, 0.05) is 45.0 Å². The maximum atomic E-state index is 12.7. The van der Waals surface area contributed by atoms with Crippen molar-refractivity contribution in [1.82, 2.24) is 9.80 Å². The number of hydrogen-bond donors (Lipinski definition) is 0. The van der Waals surface area contributed by atoms with Crippen molar-refractivity contribution in [3.05, 3.63) is 72.3 Å². The third-order valence-electron chi connectivity index (χ3n) is 4.98. The van der Waals surface area contributed by atoms with E-state index in [4.69, 9.17) is 0 Å². The van der Waals surface area contributed by atoms with Crippen molar-refractivity contribution < 1.29 is 4.79 Å². The van der Waals surface area contributed by atoms with Gasteiger partial charge in [0.2, 0.25) is 5.91 Å². The molecule has 0 radical (unpaired) electrons. The molecule has 0 N–H and O–H groups in total. The van der Waals surface area contributed by atoms with E-state index in [2.05, 4.69) is 46.2 Å². The summed E-state index contributed by atoms with van der Waals surface area (Å²) in [4.78, 5) is 19.3. The van der Waals surface area contributed by atoms with E-state index < -0.39 is 0 Å². The molecule has 0 saturated carbocycles. The molecule has 1 saturated heterocycles. The number of nitrogens with zero attached hydrogens (tertiary/aromatic N) is 3. The van der Waals surface area contributed by atoms with E-state index >= 15 is 0 Å². The minimum Gasteiger partial charge on any atom is -0.312 e. The number of carbonyl (C=O) groups is 1. The van der Waals surface area contributed by atoms with Crippen LogP contribution in [0.1, 0.15) is 12.5 Å². The highest BCUT2D eigenvalue weighted by Crippen LogP contribution is 2.14. The van der Waals surface area contributed by atoms with Gasteiger partial charge >= 0.3 is 0 Å². The van der Waals surface area contributed by atoms with E-state index in [-0.39, 0.29) is 5.91 Å². The lowest BCUT2D eigenvalue weighted by atomic mass is 10.2. The van der Waals surface area contributed by atoms with Crippen LogP contribution in [-0.4, -0.2) is 61.5 Å². The molecule has 0 spiro atoms. The zero-order valence-electron chi connectivity index (χ0n) is 16.1. The number of hydrogen-bond acceptors (Lipinski definition) is 3. The number of piperazine rings is 1. The Morgan fingerprint density at radius 1 is 0.926 bits per heavy atom. The molecule has 1 aliphatic heterocycles. The quantitative estimate of drug-likeness (QED) is 0.755. The predicted molar refractivity (Wildman–Crippen MR) is 113 cm³/mol. The highest BCUT2D eigenvalue weighted by molar-refractivity contribution is 5.94. The number of likely N-dealkylation sites (N-methyl/N-ethyl adjacent to an activating group) is 1. The van der Waals surface area contributed by atoms with E-state index in [1.165, 1.54) is 5.56 Å². The average Bonchev–Trinajstić information content (AvgIpc) is 2.71. The van der Waals surface area contributed by atoms with Gasteiger partial charge in [0.15, 0.2) is 0 Å². The first-order valence-electron chi connectivity index (χ1n) is 9.78. The SMILES string of the molecule is CCN(C(=O)CN1CCN(C/C=C/c2ccccc2)CC1)c1ccccc1. The second-order valence-corrected chi connectivity index (χ2v) is 6.86. The lowest BCUT2D eigenvalue weighted by Crippen LogP contribution is -2.50. The van der Waals surface area contributed by atoms with Crippen molar-refractivity contribution in [3.63, 3.8) is 0 Å². The van der Waals surface area contributed by atoms with Crippen molar-refractivity contribution >= 4 is 17.7 Å². The van der Waals surface area contributed by atoms with Crippen molar-refractivity contribution in [1.29, 1.82) is 0 Å². The summed E-state index contributed by atoms with van der Waals surface area (Å²) in [5.41, 5.74) is 2.22. The van der Waals surface area contributed by atoms with E-state index in [0.29, 0.717) is 13.1 Å². The molecule has 2 aromatic carbocycles. The standard InChI is InChI=1S/C23H29N3O/c1-2-26(22-13-7-4-8-14-22)23(27)20-25-18-16-24(17-19-25)15-9-12-21-10-5-3-6-11-21/h3-14H,2,15-20H2,1H3/b12-9+. The maximum absolute atomic E-state index is 12.7. The molecule has 0 atom stereocenters. The lowest BCUT2D eigenvalue weighted by molar-refractivity contribution is -0.120. The normalized spacial score (nSPS) is 15.9. The summed E-state index contributed by atoms with van der Waals surface area (Å²) in [5.74, 6) is 0.182. The van der Waals surface area contributed by atoms with Crippen LogP contribution >= 0.6 is 0 Å². The summed E-state index contributed by atoms with van der Waals surface area (Å²) in [7, 11) is 0. The Morgan fingerprint density at radius 3 is 2.15 bits per heavy atom. The van der Waals surface area contributed by atoms with Gasteiger partial charge < -0.3 is 4.90 Å². The zero-order chi connectivity index (χ0) is 18.9. The van der Waals surface area contributed by atoms with Crippen LogP contribution in [0.4, 0.5) is 5.69 Å². The average molecular weight is 364 g/mol. The van der Waals surface area contributed by atoms with Gasteiger partial charge in [-0.3, -0.25) is 14.6 Å². The zero-order valence-corrected chi connectivity index (χ0v) is 16.1. The van der Waals surface area contributed by atoms with E-state index in [9.17, 15) is 4.79 Å². The fraction of sp³-hybridized carbons (Fsp3) is 0.348. The molecule has 0 aromatic heterocycles. The monoisotopic (exact) mass is 363 g/mol. The number of amides is 1. The minimum atomic E-state index is 0.182. The third-order valence-corrected chi connectivity index (χ3v) is 4.98. The van der Waals surface area contributed by atoms with E-state index in [0.717, 1.165) is 38.4 Å². The summed E-state index contributed by atoms with van der Waals surface area (Å²) >= 11 is 0. The molecule has 0 aliphatic carbocycles. The molecule has 0 unspecified atom stereocenters. The topological polar surface area (TPSA) is 26.8 Å². The Hall–Kier alpha value is -2.43. The maximum Gasteiger partial charge on any atom is 0.241 e. The summed E-state index contributed by atoms with van der Waals surface area (Å²) in [5, 5.41) is 0. The smallest absolute Gasteiger partial charge is 0.241 e. The Labute approximate surface area is 162 Å². The highest BCUT2D eigenvalue weighted by Gasteiger charge is 2.21. The van der Waals surface area contributed by atoms with Gasteiger partial charge in [0.25, 0.3) is 0 Å². The largest absolute Gasteiger partial charge is 0.312 e. The van der Waals surface area contributed by atoms with Gasteiger partial charge in [-0.25, -0.2) is 0 Å². The molecule has 3 rings (SSSR count). The summed E-state index contributed by atoms with van der Waals surface area (Å²) in [6.45, 7) is 8.08. The molecular weight excluding hydrogens is 334 g/mol. The predicted octanol–water partition coefficient (Wildman–Crippen LogP) is 3.37. The van der Waals surface area contributed by atoms with E-state index in [1.807, 2.05) is 48.2 Å². The van der Waals surface area contributed by atoms with Crippen molar-refractivity contribution in [2.24, 2.45) is 0 Å². The van der Waals surface area contributed by atoms with Gasteiger partial charge in [-0.05, 0) is 24.6 Å². The molecule has 142 valence electrons. The van der Waals surface area contributed by atoms with Crippen LogP contribution in [-0.2, 0) is 4.79 Å². The van der Waals surface area contributed by atoms with Crippen LogP contribution in [0.2, 0.25) is 0 Å². The van der Waals surface area contributed by atoms with Gasteiger partial charge in [-0.1, -0.05) is 60.7 Å². The van der Waals surface area contributed by atoms with Crippen LogP contribution in [0.15, 0.2) is 66.7 Å². The van der Waals surface area contributed by atoms with Crippen molar-refractivity contribution in [2.75, 3.05) is 50.7 Å². The Balaban J connectivity index is 1.43. The molecule has 27 heavy (non-hydrogen) atoms. The molecule has 0 bridgehead atoms. The fourth-order valence-electron chi connectivity index (χ4n) is 3.42. The summed E-state index contributed by atoms with van der Waals surface area (Å²) in [6.07, 6.45) is 4.40. The van der Waals surface area contributed by atoms with Crippen LogP contribution in [0, 0.1) is 0 Å². The number of para-hydroxylation sites is 1. The molecule has 1 aliphatic rings. The number of rotatable bonds is 7. The highest BCUT2D eigenvalue weighted by atomic mass is 16.2. The van der Waals surface area contributed by atoms with Crippen LogP contribution in [0.25, 0.3) is 6.08 Å². The third kappa shape index (κ3) is 5.78. The second kappa shape index (κ2) is 10.0. The summed E-state index contributed by atoms with van der Waals surface area (Å²) in [6, 6.07) is 20.3. The lowest BCUT2D eigenvalue weighted by Gasteiger charge is -2.34. The van der Waals surface area contributed by atoms with Crippen molar-refractivity contribution in [2.45, 2.75) is 6.92 Å². The molecule has 4 nitrogen and oxygen atoms in total. The van der Waals surface area contributed by atoms with Gasteiger partial charge in [-0.15, -0.1) is 0 Å². The summed E-state index contributed by atoms with van der Waals surface area (Å²) < 4.78 is 0. The van der Waals surface area contributed by atoms with Gasteiger partial charge in [0.05, 0.1) is 6.54 Å². The van der Waals surface area contributed by atoms with Crippen LogP contribution in [0.5, 0.6) is 0 Å². The molecule has 1 heterocycles. The first-order valence-corrected chi connectivity index (χ1v) is 9.78. The van der Waals surface area contributed by atoms with Crippen molar-refractivity contribution in [3.8, 4) is 0 Å². The fourth-order valence-corrected chi connectivity index (χ4v) is 3.42. The molecule has 1 fully saturated rings. The second-order valence-electron chi connectivity index (χ2n) is 6.86. The molecule has 4 heteroatoms. The molecular formula is C23H29N3O. The number of carbonyl (C=O) groups excluding carboxylic acids is 1. The van der Waals surface area contributed by atoms with E-state index in [1.54, 1.807) is 0 Å². The van der Waals surface area contributed by atoms with Crippen LogP contribution in [0.3, 0.4) is 0 Å². The van der Waals surface area contributed by atoms with Crippen LogP contribution < -0.4 is 4.90 Å². The number of anilines is 1. The minimum absolute atomic E-state index is 0.182. The first kappa shape index (κ1) is 19.3. The first-order chi connectivity index (χ1) is 13.3. The Morgan fingerprint density at radius 2 is 1.52 bits per heavy atom. The Bertz CT molecular complexity index is 722. The number of benzene rings is 2. The molecule has 2 aromatic rings. The Kier molecular flexibility index (Phi) is 7.19.